The van der Waals surface area contributed by atoms with Crippen molar-refractivity contribution in [3.05, 3.63) is 53.9 Å². The summed E-state index contributed by atoms with van der Waals surface area (Å²) < 4.78 is 32.4. The van der Waals surface area contributed by atoms with Crippen LogP contribution in [-0.4, -0.2) is 80.5 Å². The van der Waals surface area contributed by atoms with Gasteiger partial charge in [-0.25, -0.2) is 9.78 Å². The Morgan fingerprint density at radius 2 is 1.73 bits per heavy atom. The highest BCUT2D eigenvalue weighted by Gasteiger charge is 2.42. The predicted octanol–water partition coefficient (Wildman–Crippen LogP) is 2.83. The lowest BCUT2D eigenvalue weighted by Gasteiger charge is -2.30. The van der Waals surface area contributed by atoms with Crippen LogP contribution in [0.2, 0.25) is 0 Å². The second kappa shape index (κ2) is 16.0. The lowest BCUT2D eigenvalue weighted by molar-refractivity contribution is -0.175. The van der Waals surface area contributed by atoms with Gasteiger partial charge in [0.2, 0.25) is 5.75 Å². The van der Waals surface area contributed by atoms with Gasteiger partial charge in [-0.05, 0) is 24.3 Å². The molecule has 1 aliphatic heterocycles. The zero-order valence-corrected chi connectivity index (χ0v) is 26.3. The van der Waals surface area contributed by atoms with Crippen LogP contribution >= 0.6 is 0 Å². The van der Waals surface area contributed by atoms with Crippen LogP contribution in [0.3, 0.4) is 0 Å². The molecule has 0 bridgehead atoms. The summed E-state index contributed by atoms with van der Waals surface area (Å²) in [5.41, 5.74) is 0.0181. The lowest BCUT2D eigenvalue weighted by Crippen LogP contribution is -2.47. The van der Waals surface area contributed by atoms with E-state index in [0.717, 1.165) is 5.56 Å². The number of aromatic nitrogens is 1. The van der Waals surface area contributed by atoms with E-state index in [-0.39, 0.29) is 43.1 Å². The highest BCUT2D eigenvalue weighted by Crippen LogP contribution is 2.30. The topological polar surface area (TPSA) is 166 Å². The molecule has 13 heteroatoms. The molecule has 0 aliphatic carbocycles. The lowest BCUT2D eigenvalue weighted by atomic mass is 9.90. The Bertz CT molecular complexity index is 1360. The number of carbonyl (C=O) groups is 5. The summed E-state index contributed by atoms with van der Waals surface area (Å²) in [7, 11) is 2.74. The van der Waals surface area contributed by atoms with Crippen molar-refractivity contribution in [1.82, 2.24) is 10.3 Å². The number of rotatable bonds is 11. The maximum atomic E-state index is 13.5. The number of nitrogens with one attached hydrogen (secondary N) is 1. The molecule has 13 nitrogen and oxygen atoms in total. The SMILES string of the molecule is COCCC(=O)Oc1c(OC)ccnc1C(=O)NC1COC(=O)C(Cc2ccccc2)C(OC(=O)CC(C)(C)C)C(C)OC1=O. The first kappa shape index (κ1) is 35.0. The van der Waals surface area contributed by atoms with E-state index in [1.165, 1.54) is 33.4 Å². The maximum Gasteiger partial charge on any atom is 0.332 e. The van der Waals surface area contributed by atoms with Gasteiger partial charge in [-0.1, -0.05) is 51.1 Å². The van der Waals surface area contributed by atoms with Crippen molar-refractivity contribution in [2.75, 3.05) is 27.4 Å². The van der Waals surface area contributed by atoms with E-state index < -0.39 is 66.0 Å². The van der Waals surface area contributed by atoms with E-state index in [4.69, 9.17) is 28.4 Å². The molecule has 0 saturated carbocycles. The Labute approximate surface area is 261 Å². The van der Waals surface area contributed by atoms with Gasteiger partial charge in [-0.3, -0.25) is 19.2 Å². The first-order chi connectivity index (χ1) is 21.3. The summed E-state index contributed by atoms with van der Waals surface area (Å²) in [5.74, 6) is -5.14. The Balaban J connectivity index is 1.88. The van der Waals surface area contributed by atoms with Gasteiger partial charge in [0.15, 0.2) is 23.6 Å². The number of pyridine rings is 1. The molecule has 2 heterocycles. The first-order valence-electron chi connectivity index (χ1n) is 14.5. The molecule has 0 radical (unpaired) electrons. The number of nitrogens with zero attached hydrogens (tertiary/aromatic N) is 1. The van der Waals surface area contributed by atoms with Crippen LogP contribution in [0.15, 0.2) is 42.6 Å². The number of hydrogen-bond donors (Lipinski definition) is 1. The van der Waals surface area contributed by atoms with Crippen LogP contribution in [0.4, 0.5) is 0 Å². The molecule has 4 atom stereocenters. The van der Waals surface area contributed by atoms with Crippen LogP contribution in [0.5, 0.6) is 11.5 Å². The molecular weight excluding hydrogens is 588 g/mol. The van der Waals surface area contributed by atoms with Crippen LogP contribution in [-0.2, 0) is 44.5 Å². The minimum atomic E-state index is -1.48. The maximum absolute atomic E-state index is 13.5. The van der Waals surface area contributed by atoms with Crippen molar-refractivity contribution in [1.29, 1.82) is 0 Å². The molecule has 3 rings (SSSR count). The van der Waals surface area contributed by atoms with E-state index in [2.05, 4.69) is 10.3 Å². The highest BCUT2D eigenvalue weighted by molar-refractivity contribution is 5.99. The van der Waals surface area contributed by atoms with Crippen LogP contribution in [0.1, 0.15) is 56.6 Å². The number of benzene rings is 1. The molecule has 244 valence electrons. The number of cyclic esters (lactones) is 2. The molecule has 1 saturated heterocycles. The van der Waals surface area contributed by atoms with Crippen molar-refractivity contribution in [2.45, 2.75) is 65.2 Å². The van der Waals surface area contributed by atoms with Crippen molar-refractivity contribution >= 4 is 29.8 Å². The average Bonchev–Trinajstić information content (AvgIpc) is 3.01. The van der Waals surface area contributed by atoms with Gasteiger partial charge in [0.1, 0.15) is 18.6 Å². The molecule has 2 aromatic rings. The minimum Gasteiger partial charge on any atom is -0.493 e. The quantitative estimate of drug-likeness (QED) is 0.286. The standard InChI is InChI=1S/C32H40N2O11/c1-19-27(45-25(36)17-32(2,3)4)21(16-20-10-8-7-9-11-20)30(38)42-18-22(31(39)43-19)34-29(37)26-28(23(41-6)12-14-33-26)44-24(35)13-15-40-5/h7-12,14,19,21-22,27H,13,15-18H2,1-6H3,(H,34,37). The van der Waals surface area contributed by atoms with E-state index in [0.29, 0.717) is 0 Å². The Kier molecular flexibility index (Phi) is 12.4. The molecule has 1 aliphatic rings. The summed E-state index contributed by atoms with van der Waals surface area (Å²) in [6, 6.07) is 8.98. The molecular formula is C32H40N2O11. The van der Waals surface area contributed by atoms with Gasteiger partial charge < -0.3 is 33.7 Å². The van der Waals surface area contributed by atoms with Crippen LogP contribution < -0.4 is 14.8 Å². The van der Waals surface area contributed by atoms with E-state index in [1.54, 1.807) is 12.1 Å². The number of ether oxygens (including phenoxy) is 6. The van der Waals surface area contributed by atoms with Gasteiger partial charge in [0, 0.05) is 19.4 Å². The van der Waals surface area contributed by atoms with Crippen molar-refractivity contribution in [3.63, 3.8) is 0 Å². The predicted molar refractivity (Wildman–Crippen MR) is 158 cm³/mol. The largest absolute Gasteiger partial charge is 0.493 e. The van der Waals surface area contributed by atoms with Crippen molar-refractivity contribution in [3.8, 4) is 11.5 Å². The molecule has 4 unspecified atom stereocenters. The van der Waals surface area contributed by atoms with Crippen molar-refractivity contribution < 1.29 is 52.4 Å². The summed E-state index contributed by atoms with van der Waals surface area (Å²) >= 11 is 0. The number of esters is 4. The van der Waals surface area contributed by atoms with Crippen molar-refractivity contribution in [2.24, 2.45) is 11.3 Å². The molecule has 45 heavy (non-hydrogen) atoms. The minimum absolute atomic E-state index is 0.0432. The van der Waals surface area contributed by atoms with Crippen LogP contribution in [0, 0.1) is 11.3 Å². The zero-order chi connectivity index (χ0) is 33.1. The Morgan fingerprint density at radius 3 is 2.38 bits per heavy atom. The summed E-state index contributed by atoms with van der Waals surface area (Å²) in [4.78, 5) is 69.4. The molecule has 1 N–H and O–H groups in total. The number of methoxy groups -OCH3 is 2. The molecule has 1 aromatic carbocycles. The molecule has 0 spiro atoms. The van der Waals surface area contributed by atoms with Crippen LogP contribution in [0.25, 0.3) is 0 Å². The smallest absolute Gasteiger partial charge is 0.332 e. The molecule has 1 aromatic heterocycles. The van der Waals surface area contributed by atoms with Gasteiger partial charge in [0.25, 0.3) is 5.91 Å². The summed E-state index contributed by atoms with van der Waals surface area (Å²) in [6.45, 7) is 6.60. The number of hydrogen-bond acceptors (Lipinski definition) is 12. The Hall–Kier alpha value is -4.52. The summed E-state index contributed by atoms with van der Waals surface area (Å²) in [5, 5.41) is 2.45. The normalized spacial score (nSPS) is 20.4. The zero-order valence-electron chi connectivity index (χ0n) is 26.3. The third-order valence-corrected chi connectivity index (χ3v) is 6.72. The number of amides is 1. The monoisotopic (exact) mass is 628 g/mol. The third kappa shape index (κ3) is 10.3. The average molecular weight is 629 g/mol. The molecule has 1 fully saturated rings. The van der Waals surface area contributed by atoms with E-state index in [1.807, 2.05) is 39.0 Å². The fraction of sp³-hybridized carbons (Fsp3) is 0.500. The number of carbonyl (C=O) groups excluding carboxylic acids is 5. The third-order valence-electron chi connectivity index (χ3n) is 6.72. The fourth-order valence-electron chi connectivity index (χ4n) is 4.54. The summed E-state index contributed by atoms with van der Waals surface area (Å²) in [6.07, 6.45) is -0.922. The van der Waals surface area contributed by atoms with Gasteiger partial charge >= 0.3 is 23.9 Å². The second-order valence-electron chi connectivity index (χ2n) is 11.7. The first-order valence-corrected chi connectivity index (χ1v) is 14.5. The van der Waals surface area contributed by atoms with Gasteiger partial charge in [0.05, 0.1) is 26.6 Å². The van der Waals surface area contributed by atoms with Gasteiger partial charge in [-0.2, -0.15) is 0 Å². The second-order valence-corrected chi connectivity index (χ2v) is 11.7. The fourth-order valence-corrected chi connectivity index (χ4v) is 4.54. The highest BCUT2D eigenvalue weighted by atomic mass is 16.6. The van der Waals surface area contributed by atoms with E-state index in [9.17, 15) is 24.0 Å². The van der Waals surface area contributed by atoms with E-state index >= 15 is 0 Å². The Morgan fingerprint density at radius 1 is 1.02 bits per heavy atom. The molecule has 1 amide bonds. The van der Waals surface area contributed by atoms with Gasteiger partial charge in [-0.15, -0.1) is 0 Å².